The Morgan fingerprint density at radius 2 is 2.14 bits per heavy atom. The molecular weight excluding hydrogens is 264 g/mol. The number of aromatic amines is 1. The summed E-state index contributed by atoms with van der Waals surface area (Å²) in [7, 11) is 0. The van der Waals surface area contributed by atoms with Gasteiger partial charge in [-0.3, -0.25) is 4.79 Å². The van der Waals surface area contributed by atoms with Crippen molar-refractivity contribution < 1.29 is 0 Å². The van der Waals surface area contributed by atoms with Gasteiger partial charge in [-0.05, 0) is 17.7 Å². The van der Waals surface area contributed by atoms with Gasteiger partial charge in [-0.25, -0.2) is 4.98 Å². The lowest BCUT2D eigenvalue weighted by molar-refractivity contribution is 0.764. The second kappa shape index (κ2) is 5.25. The molecule has 5 heteroatoms. The molecule has 0 atom stereocenters. The molecule has 5 nitrogen and oxygen atoms in total. The molecule has 0 radical (unpaired) electrons. The van der Waals surface area contributed by atoms with E-state index in [1.54, 1.807) is 16.8 Å². The van der Waals surface area contributed by atoms with Crippen molar-refractivity contribution in [3.63, 3.8) is 0 Å². The third-order valence-corrected chi connectivity index (χ3v) is 3.48. The lowest BCUT2D eigenvalue weighted by Crippen LogP contribution is -2.20. The van der Waals surface area contributed by atoms with Crippen LogP contribution in [-0.2, 0) is 13.0 Å². The van der Waals surface area contributed by atoms with Crippen molar-refractivity contribution in [3.8, 4) is 6.07 Å². The molecule has 0 aliphatic carbocycles. The highest BCUT2D eigenvalue weighted by Gasteiger charge is 2.09. The first-order valence-electron chi connectivity index (χ1n) is 6.79. The van der Waals surface area contributed by atoms with Crippen molar-refractivity contribution in [2.75, 3.05) is 0 Å². The number of benzene rings is 1. The van der Waals surface area contributed by atoms with Crippen LogP contribution >= 0.6 is 0 Å². The van der Waals surface area contributed by atoms with Crippen molar-refractivity contribution >= 4 is 11.0 Å². The fourth-order valence-electron chi connectivity index (χ4n) is 2.33. The molecule has 2 heterocycles. The molecule has 3 aromatic rings. The zero-order chi connectivity index (χ0) is 14.8. The zero-order valence-corrected chi connectivity index (χ0v) is 11.6. The Bertz CT molecular complexity index is 899. The molecule has 3 rings (SSSR count). The van der Waals surface area contributed by atoms with Gasteiger partial charge < -0.3 is 9.55 Å². The van der Waals surface area contributed by atoms with E-state index in [1.165, 1.54) is 0 Å². The molecule has 0 spiro atoms. The largest absolute Gasteiger partial charge is 0.342 e. The molecule has 0 aliphatic heterocycles. The van der Waals surface area contributed by atoms with Crippen LogP contribution in [0.15, 0.2) is 41.3 Å². The molecule has 1 N–H and O–H groups in total. The number of nitriles is 1. The molecule has 0 unspecified atom stereocenters. The number of fused-ring (bicyclic) bond motifs is 1. The minimum Gasteiger partial charge on any atom is -0.342 e. The van der Waals surface area contributed by atoms with Crippen LogP contribution in [0.5, 0.6) is 0 Å². The Hall–Kier alpha value is -2.87. The summed E-state index contributed by atoms with van der Waals surface area (Å²) in [4.78, 5) is 19.9. The summed E-state index contributed by atoms with van der Waals surface area (Å²) in [5.74, 6) is 0.803. The number of aryl methyl sites for hydroxylation is 1. The zero-order valence-electron chi connectivity index (χ0n) is 11.6. The summed E-state index contributed by atoms with van der Waals surface area (Å²) in [5, 5.41) is 9.12. The molecule has 0 saturated heterocycles. The van der Waals surface area contributed by atoms with Gasteiger partial charge in [0.1, 0.15) is 5.82 Å². The molecule has 0 aliphatic rings. The maximum Gasteiger partial charge on any atom is 0.278 e. The van der Waals surface area contributed by atoms with E-state index < -0.39 is 0 Å². The van der Waals surface area contributed by atoms with Gasteiger partial charge in [0, 0.05) is 12.6 Å². The number of pyridine rings is 1. The Morgan fingerprint density at radius 3 is 2.90 bits per heavy atom. The normalized spacial score (nSPS) is 10.7. The van der Waals surface area contributed by atoms with Crippen molar-refractivity contribution in [2.45, 2.75) is 19.9 Å². The van der Waals surface area contributed by atoms with E-state index in [-0.39, 0.29) is 5.56 Å². The predicted molar refractivity (Wildman–Crippen MR) is 80.0 cm³/mol. The molecule has 21 heavy (non-hydrogen) atoms. The van der Waals surface area contributed by atoms with Crippen LogP contribution in [0.1, 0.15) is 23.9 Å². The van der Waals surface area contributed by atoms with Crippen LogP contribution in [0.3, 0.4) is 0 Å². The molecule has 0 amide bonds. The van der Waals surface area contributed by atoms with E-state index in [9.17, 15) is 4.79 Å². The first-order valence-corrected chi connectivity index (χ1v) is 6.79. The lowest BCUT2D eigenvalue weighted by Gasteiger charge is -2.07. The van der Waals surface area contributed by atoms with Gasteiger partial charge in [0.15, 0.2) is 5.52 Å². The number of H-pyrrole nitrogens is 1. The Morgan fingerprint density at radius 1 is 1.33 bits per heavy atom. The average Bonchev–Trinajstić information content (AvgIpc) is 2.95. The highest BCUT2D eigenvalue weighted by atomic mass is 16.1. The maximum absolute atomic E-state index is 12.5. The maximum atomic E-state index is 12.5. The SMILES string of the molecule is CCc1nc2c(=O)n(Cc3ccccc3C#N)ccc2[nH]1. The minimum atomic E-state index is -0.142. The van der Waals surface area contributed by atoms with Crippen LogP contribution in [0.4, 0.5) is 0 Å². The lowest BCUT2D eigenvalue weighted by atomic mass is 10.1. The Balaban J connectivity index is 2.07. The Labute approximate surface area is 121 Å². The van der Waals surface area contributed by atoms with Gasteiger partial charge in [-0.2, -0.15) is 5.26 Å². The summed E-state index contributed by atoms with van der Waals surface area (Å²) in [6.45, 7) is 2.35. The third-order valence-electron chi connectivity index (χ3n) is 3.48. The Kier molecular flexibility index (Phi) is 3.28. The number of hydrogen-bond acceptors (Lipinski definition) is 3. The summed E-state index contributed by atoms with van der Waals surface area (Å²) in [5.41, 5.74) is 2.47. The molecule has 2 aromatic heterocycles. The van der Waals surface area contributed by atoms with Gasteiger partial charge in [0.25, 0.3) is 5.56 Å². The van der Waals surface area contributed by atoms with Gasteiger partial charge in [-0.15, -0.1) is 0 Å². The molecule has 0 bridgehead atoms. The summed E-state index contributed by atoms with van der Waals surface area (Å²) >= 11 is 0. The number of nitrogens with one attached hydrogen (secondary N) is 1. The predicted octanol–water partition coefficient (Wildman–Crippen LogP) is 2.21. The fourth-order valence-corrected chi connectivity index (χ4v) is 2.33. The molecular formula is C16H14N4O. The molecule has 1 aromatic carbocycles. The van der Waals surface area contributed by atoms with Crippen LogP contribution in [0, 0.1) is 11.3 Å². The summed E-state index contributed by atoms with van der Waals surface area (Å²) < 4.78 is 1.58. The van der Waals surface area contributed by atoms with E-state index in [2.05, 4.69) is 16.0 Å². The fraction of sp³-hybridized carbons (Fsp3) is 0.188. The number of hydrogen-bond donors (Lipinski definition) is 1. The number of aromatic nitrogens is 3. The van der Waals surface area contributed by atoms with Crippen molar-refractivity contribution in [2.24, 2.45) is 0 Å². The van der Waals surface area contributed by atoms with Crippen molar-refractivity contribution in [1.82, 2.24) is 14.5 Å². The number of nitrogens with zero attached hydrogens (tertiary/aromatic N) is 3. The summed E-state index contributed by atoms with van der Waals surface area (Å²) in [6.07, 6.45) is 2.49. The highest BCUT2D eigenvalue weighted by molar-refractivity contribution is 5.73. The van der Waals surface area contributed by atoms with Gasteiger partial charge >= 0.3 is 0 Å². The second-order valence-electron chi connectivity index (χ2n) is 4.82. The highest BCUT2D eigenvalue weighted by Crippen LogP contribution is 2.11. The van der Waals surface area contributed by atoms with Crippen molar-refractivity contribution in [3.05, 3.63) is 63.8 Å². The third kappa shape index (κ3) is 2.32. The van der Waals surface area contributed by atoms with E-state index in [1.807, 2.05) is 31.2 Å². The minimum absolute atomic E-state index is 0.142. The summed E-state index contributed by atoms with van der Waals surface area (Å²) in [6, 6.07) is 11.3. The molecule has 104 valence electrons. The number of rotatable bonds is 3. The van der Waals surface area contributed by atoms with Crippen LogP contribution in [0.25, 0.3) is 11.0 Å². The smallest absolute Gasteiger partial charge is 0.278 e. The van der Waals surface area contributed by atoms with Crippen LogP contribution in [0.2, 0.25) is 0 Å². The average molecular weight is 278 g/mol. The van der Waals surface area contributed by atoms with Crippen LogP contribution in [-0.4, -0.2) is 14.5 Å². The monoisotopic (exact) mass is 278 g/mol. The van der Waals surface area contributed by atoms with Gasteiger partial charge in [0.05, 0.1) is 23.7 Å². The quantitative estimate of drug-likeness (QED) is 0.798. The number of imidazole rings is 1. The first kappa shape index (κ1) is 13.1. The van der Waals surface area contributed by atoms with E-state index in [0.717, 1.165) is 23.3 Å². The standard InChI is InChI=1S/C16H14N4O/c1-2-14-18-13-7-8-20(16(21)15(13)19-14)10-12-6-4-3-5-11(12)9-17/h3-8H,2,10H2,1H3,(H,18,19). The van der Waals surface area contributed by atoms with Gasteiger partial charge in [0.2, 0.25) is 0 Å². The topological polar surface area (TPSA) is 74.5 Å². The van der Waals surface area contributed by atoms with E-state index >= 15 is 0 Å². The van der Waals surface area contributed by atoms with Crippen molar-refractivity contribution in [1.29, 1.82) is 5.26 Å². The first-order chi connectivity index (χ1) is 10.2. The second-order valence-corrected chi connectivity index (χ2v) is 4.82. The van der Waals surface area contributed by atoms with Crippen LogP contribution < -0.4 is 5.56 Å². The van der Waals surface area contributed by atoms with E-state index in [4.69, 9.17) is 5.26 Å². The molecule has 0 fully saturated rings. The van der Waals surface area contributed by atoms with Gasteiger partial charge in [-0.1, -0.05) is 25.1 Å². The molecule has 0 saturated carbocycles. The van der Waals surface area contributed by atoms with E-state index in [0.29, 0.717) is 17.6 Å².